The van der Waals surface area contributed by atoms with Crippen LogP contribution in [-0.4, -0.2) is 74.7 Å². The molecule has 0 unspecified atom stereocenters. The molecule has 0 aromatic heterocycles. The summed E-state index contributed by atoms with van der Waals surface area (Å²) in [4.78, 5) is 20.7. The Balaban J connectivity index is 0.00000288. The third-order valence-electron chi connectivity index (χ3n) is 4.36. The largest absolute Gasteiger partial charge is 0.379 e. The van der Waals surface area contributed by atoms with Crippen LogP contribution in [0, 0.1) is 5.92 Å². The Morgan fingerprint density at radius 3 is 2.67 bits per heavy atom. The zero-order valence-electron chi connectivity index (χ0n) is 15.1. The second kappa shape index (κ2) is 11.9. The molecule has 0 spiro atoms. The number of nitrogens with one attached hydrogen (secondary N) is 1. The van der Waals surface area contributed by atoms with Crippen molar-refractivity contribution in [3.63, 3.8) is 0 Å². The maximum atomic E-state index is 12.0. The number of nitrogens with zero attached hydrogens (tertiary/aromatic N) is 3. The van der Waals surface area contributed by atoms with Crippen molar-refractivity contribution >= 4 is 35.8 Å². The minimum atomic E-state index is 0. The number of hydrogen-bond donors (Lipinski definition) is 1. The average molecular weight is 452 g/mol. The molecular formula is C17H33IN4O2. The fraction of sp³-hybridized carbons (Fsp3) is 0.882. The lowest BCUT2D eigenvalue weighted by molar-refractivity contribution is -0.129. The van der Waals surface area contributed by atoms with Crippen molar-refractivity contribution in [2.45, 2.75) is 39.0 Å². The van der Waals surface area contributed by atoms with Crippen molar-refractivity contribution in [2.24, 2.45) is 10.9 Å². The maximum absolute atomic E-state index is 12.0. The quantitative estimate of drug-likeness (QED) is 0.252. The summed E-state index contributed by atoms with van der Waals surface area (Å²) in [7, 11) is 2.02. The second-order valence-corrected chi connectivity index (χ2v) is 6.51. The monoisotopic (exact) mass is 452 g/mol. The number of hydrogen-bond acceptors (Lipinski definition) is 3. The SMILES string of the molecule is CCNC(=NCCC(=O)N1CCCC1)N(C)CCOCC1CC1.I. The van der Waals surface area contributed by atoms with Crippen molar-refractivity contribution in [1.82, 2.24) is 15.1 Å². The van der Waals surface area contributed by atoms with Crippen LogP contribution in [0.25, 0.3) is 0 Å². The fourth-order valence-electron chi connectivity index (χ4n) is 2.69. The van der Waals surface area contributed by atoms with Gasteiger partial charge in [0.2, 0.25) is 5.91 Å². The number of aliphatic imine (C=N–C) groups is 1. The summed E-state index contributed by atoms with van der Waals surface area (Å²) < 4.78 is 5.68. The van der Waals surface area contributed by atoms with Crippen LogP contribution in [0.3, 0.4) is 0 Å². The molecule has 0 bridgehead atoms. The molecule has 0 aromatic rings. The van der Waals surface area contributed by atoms with Crippen LogP contribution in [0.1, 0.15) is 39.0 Å². The van der Waals surface area contributed by atoms with Gasteiger partial charge in [-0.15, -0.1) is 24.0 Å². The van der Waals surface area contributed by atoms with Gasteiger partial charge in [-0.25, -0.2) is 0 Å². The van der Waals surface area contributed by atoms with E-state index in [9.17, 15) is 4.79 Å². The lowest BCUT2D eigenvalue weighted by Crippen LogP contribution is -2.41. The molecule has 2 aliphatic rings. The molecule has 0 aromatic carbocycles. The first-order chi connectivity index (χ1) is 11.2. The molecule has 0 atom stereocenters. The van der Waals surface area contributed by atoms with Gasteiger partial charge in [-0.3, -0.25) is 9.79 Å². The van der Waals surface area contributed by atoms with E-state index in [1.165, 1.54) is 12.8 Å². The molecule has 0 radical (unpaired) electrons. The molecule has 2 fully saturated rings. The Hall–Kier alpha value is -0.570. The molecule has 1 aliphatic carbocycles. The van der Waals surface area contributed by atoms with E-state index in [4.69, 9.17) is 4.74 Å². The number of halogens is 1. The van der Waals surface area contributed by atoms with E-state index in [0.717, 1.165) is 64.1 Å². The minimum Gasteiger partial charge on any atom is -0.379 e. The van der Waals surface area contributed by atoms with Crippen molar-refractivity contribution < 1.29 is 9.53 Å². The van der Waals surface area contributed by atoms with Gasteiger partial charge < -0.3 is 19.9 Å². The Labute approximate surface area is 163 Å². The molecule has 24 heavy (non-hydrogen) atoms. The number of carbonyl (C=O) groups is 1. The van der Waals surface area contributed by atoms with Gasteiger partial charge in [0.1, 0.15) is 0 Å². The van der Waals surface area contributed by atoms with Crippen LogP contribution >= 0.6 is 24.0 Å². The summed E-state index contributed by atoms with van der Waals surface area (Å²) in [5.41, 5.74) is 0. The first kappa shape index (κ1) is 21.5. The fourth-order valence-corrected chi connectivity index (χ4v) is 2.69. The van der Waals surface area contributed by atoms with Crippen molar-refractivity contribution in [3.8, 4) is 0 Å². The van der Waals surface area contributed by atoms with Crippen LogP contribution in [0.2, 0.25) is 0 Å². The van der Waals surface area contributed by atoms with Crippen molar-refractivity contribution in [3.05, 3.63) is 0 Å². The zero-order valence-corrected chi connectivity index (χ0v) is 17.5. The second-order valence-electron chi connectivity index (χ2n) is 6.51. The first-order valence-electron chi connectivity index (χ1n) is 9.05. The van der Waals surface area contributed by atoms with E-state index in [-0.39, 0.29) is 29.9 Å². The number of carbonyl (C=O) groups excluding carboxylic acids is 1. The molecule has 1 aliphatic heterocycles. The van der Waals surface area contributed by atoms with Crippen molar-refractivity contribution in [1.29, 1.82) is 0 Å². The van der Waals surface area contributed by atoms with Gasteiger partial charge in [-0.1, -0.05) is 0 Å². The molecule has 1 saturated heterocycles. The highest BCUT2D eigenvalue weighted by Gasteiger charge is 2.21. The number of likely N-dealkylation sites (N-methyl/N-ethyl adjacent to an activating group) is 1. The number of guanidine groups is 1. The predicted octanol–water partition coefficient (Wildman–Crippen LogP) is 1.94. The molecule has 1 N–H and O–H groups in total. The van der Waals surface area contributed by atoms with Gasteiger partial charge >= 0.3 is 0 Å². The number of ether oxygens (including phenoxy) is 1. The molecule has 1 saturated carbocycles. The van der Waals surface area contributed by atoms with Crippen LogP contribution in [-0.2, 0) is 9.53 Å². The first-order valence-corrected chi connectivity index (χ1v) is 9.05. The third-order valence-corrected chi connectivity index (χ3v) is 4.36. The summed E-state index contributed by atoms with van der Waals surface area (Å²) >= 11 is 0. The highest BCUT2D eigenvalue weighted by Crippen LogP contribution is 2.28. The van der Waals surface area contributed by atoms with Crippen LogP contribution in [0.5, 0.6) is 0 Å². The molecule has 2 rings (SSSR count). The van der Waals surface area contributed by atoms with E-state index in [1.807, 2.05) is 11.9 Å². The van der Waals surface area contributed by atoms with E-state index in [0.29, 0.717) is 13.0 Å². The van der Waals surface area contributed by atoms with Crippen LogP contribution < -0.4 is 5.32 Å². The lowest BCUT2D eigenvalue weighted by Gasteiger charge is -2.22. The molecule has 140 valence electrons. The van der Waals surface area contributed by atoms with E-state index in [1.54, 1.807) is 0 Å². The number of rotatable bonds is 9. The highest BCUT2D eigenvalue weighted by molar-refractivity contribution is 14.0. The molecule has 1 heterocycles. The van der Waals surface area contributed by atoms with E-state index < -0.39 is 0 Å². The summed E-state index contributed by atoms with van der Waals surface area (Å²) in [6.07, 6.45) is 5.43. The van der Waals surface area contributed by atoms with E-state index in [2.05, 4.69) is 22.1 Å². The lowest BCUT2D eigenvalue weighted by atomic mass is 10.4. The predicted molar refractivity (Wildman–Crippen MR) is 108 cm³/mol. The smallest absolute Gasteiger partial charge is 0.224 e. The van der Waals surface area contributed by atoms with Gasteiger partial charge in [-0.2, -0.15) is 0 Å². The van der Waals surface area contributed by atoms with Crippen LogP contribution in [0.15, 0.2) is 4.99 Å². The van der Waals surface area contributed by atoms with Crippen LogP contribution in [0.4, 0.5) is 0 Å². The Kier molecular flexibility index (Phi) is 10.6. The van der Waals surface area contributed by atoms with Crippen molar-refractivity contribution in [2.75, 3.05) is 53.0 Å². The zero-order chi connectivity index (χ0) is 16.5. The standard InChI is InChI=1S/C17H32N4O2.HI/c1-3-18-17(20(2)12-13-23-14-15-6-7-15)19-9-8-16(22)21-10-4-5-11-21;/h15H,3-14H2,1-2H3,(H,18,19);1H. The highest BCUT2D eigenvalue weighted by atomic mass is 127. The summed E-state index contributed by atoms with van der Waals surface area (Å²) in [6, 6.07) is 0. The number of likely N-dealkylation sites (tertiary alicyclic amines) is 1. The Morgan fingerprint density at radius 1 is 1.33 bits per heavy atom. The average Bonchev–Trinajstić information content (AvgIpc) is 3.20. The Morgan fingerprint density at radius 2 is 2.04 bits per heavy atom. The third kappa shape index (κ3) is 8.00. The normalized spacial score (nSPS) is 17.6. The topological polar surface area (TPSA) is 57.2 Å². The van der Waals surface area contributed by atoms with Gasteiger partial charge in [-0.05, 0) is 38.5 Å². The summed E-state index contributed by atoms with van der Waals surface area (Å²) in [5, 5.41) is 3.28. The minimum absolute atomic E-state index is 0. The van der Waals surface area contributed by atoms with Gasteiger partial charge in [0.15, 0.2) is 5.96 Å². The summed E-state index contributed by atoms with van der Waals surface area (Å²) in [6.45, 7) is 7.70. The maximum Gasteiger partial charge on any atom is 0.224 e. The molecule has 7 heteroatoms. The molecule has 1 amide bonds. The van der Waals surface area contributed by atoms with Gasteiger partial charge in [0.25, 0.3) is 0 Å². The number of amides is 1. The molecule has 6 nitrogen and oxygen atoms in total. The van der Waals surface area contributed by atoms with E-state index >= 15 is 0 Å². The van der Waals surface area contributed by atoms with Gasteiger partial charge in [0.05, 0.1) is 13.2 Å². The Bertz CT molecular complexity index is 396. The summed E-state index contributed by atoms with van der Waals surface area (Å²) in [5.74, 6) is 1.90. The van der Waals surface area contributed by atoms with Gasteiger partial charge in [0, 0.05) is 46.3 Å². The molecular weight excluding hydrogens is 419 g/mol.